The van der Waals surface area contributed by atoms with E-state index in [1.54, 1.807) is 22.9 Å². The summed E-state index contributed by atoms with van der Waals surface area (Å²) in [5, 5.41) is 0.600. The van der Waals surface area contributed by atoms with E-state index in [4.69, 9.17) is 0 Å². The number of hydrogen-bond acceptors (Lipinski definition) is 3. The van der Waals surface area contributed by atoms with Crippen molar-refractivity contribution in [1.29, 1.82) is 0 Å². The number of carbonyl (C=O) groups is 1. The first-order chi connectivity index (χ1) is 14.4. The highest BCUT2D eigenvalue weighted by Crippen LogP contribution is 2.28. The molecular formula is C23H25FN2O3S. The van der Waals surface area contributed by atoms with Crippen molar-refractivity contribution >= 4 is 26.6 Å². The van der Waals surface area contributed by atoms with Crippen molar-refractivity contribution in [3.63, 3.8) is 0 Å². The number of likely N-dealkylation sites (tertiary alicyclic amines) is 1. The number of carbonyl (C=O) groups excluding carboxylic acids is 1. The minimum atomic E-state index is -3.67. The van der Waals surface area contributed by atoms with Gasteiger partial charge < -0.3 is 9.47 Å². The Morgan fingerprint density at radius 2 is 1.60 bits per heavy atom. The molecule has 1 aromatic heterocycles. The van der Waals surface area contributed by atoms with Gasteiger partial charge in [0, 0.05) is 30.2 Å². The van der Waals surface area contributed by atoms with Gasteiger partial charge in [-0.05, 0) is 36.6 Å². The van der Waals surface area contributed by atoms with E-state index in [9.17, 15) is 17.6 Å². The van der Waals surface area contributed by atoms with Crippen LogP contribution in [0.1, 0.15) is 31.2 Å². The summed E-state index contributed by atoms with van der Waals surface area (Å²) in [7, 11) is -3.67. The van der Waals surface area contributed by atoms with Gasteiger partial charge in [-0.2, -0.15) is 0 Å². The zero-order valence-corrected chi connectivity index (χ0v) is 17.6. The van der Waals surface area contributed by atoms with Gasteiger partial charge in [0.25, 0.3) is 0 Å². The van der Waals surface area contributed by atoms with Crippen molar-refractivity contribution in [2.75, 3.05) is 13.1 Å². The van der Waals surface area contributed by atoms with Crippen LogP contribution in [0.2, 0.25) is 0 Å². The Balaban J connectivity index is 1.64. The topological polar surface area (TPSA) is 59.4 Å². The van der Waals surface area contributed by atoms with E-state index in [0.717, 1.165) is 44.3 Å². The minimum Gasteiger partial charge on any atom is -0.341 e. The van der Waals surface area contributed by atoms with Gasteiger partial charge in [0.2, 0.25) is 5.91 Å². The molecule has 1 saturated heterocycles. The molecule has 1 aliphatic rings. The third kappa shape index (κ3) is 4.41. The quantitative estimate of drug-likeness (QED) is 0.613. The van der Waals surface area contributed by atoms with Gasteiger partial charge in [-0.25, -0.2) is 12.8 Å². The highest BCUT2D eigenvalue weighted by molar-refractivity contribution is 7.90. The van der Waals surface area contributed by atoms with Crippen LogP contribution in [0.5, 0.6) is 0 Å². The molecule has 2 heterocycles. The van der Waals surface area contributed by atoms with E-state index in [-0.39, 0.29) is 23.1 Å². The zero-order valence-electron chi connectivity index (χ0n) is 16.8. The molecule has 0 radical (unpaired) electrons. The van der Waals surface area contributed by atoms with Gasteiger partial charge >= 0.3 is 0 Å². The van der Waals surface area contributed by atoms with Crippen molar-refractivity contribution in [3.8, 4) is 0 Å². The van der Waals surface area contributed by atoms with Crippen molar-refractivity contribution in [1.82, 2.24) is 9.47 Å². The predicted molar refractivity (Wildman–Crippen MR) is 114 cm³/mol. The number of hydrogen-bond donors (Lipinski definition) is 0. The number of rotatable bonds is 5. The Morgan fingerprint density at radius 1 is 0.933 bits per heavy atom. The fourth-order valence-electron chi connectivity index (χ4n) is 4.04. The molecular weight excluding hydrogens is 403 g/mol. The highest BCUT2D eigenvalue weighted by Gasteiger charge is 2.23. The summed E-state index contributed by atoms with van der Waals surface area (Å²) < 4.78 is 41.2. The fourth-order valence-corrected chi connectivity index (χ4v) is 5.62. The molecule has 1 amide bonds. The van der Waals surface area contributed by atoms with Crippen LogP contribution in [0.15, 0.2) is 59.6 Å². The minimum absolute atomic E-state index is 0.0140. The van der Waals surface area contributed by atoms with Crippen LogP contribution in [0.25, 0.3) is 10.9 Å². The second kappa shape index (κ2) is 8.60. The van der Waals surface area contributed by atoms with Gasteiger partial charge in [0.05, 0.1) is 10.6 Å². The van der Waals surface area contributed by atoms with Gasteiger partial charge in [0.1, 0.15) is 12.4 Å². The number of fused-ring (bicyclic) bond motifs is 1. The van der Waals surface area contributed by atoms with Crippen molar-refractivity contribution in [2.45, 2.75) is 42.9 Å². The number of halogens is 1. The lowest BCUT2D eigenvalue weighted by Crippen LogP contribution is -2.34. The summed E-state index contributed by atoms with van der Waals surface area (Å²) in [5.41, 5.74) is 1.24. The van der Waals surface area contributed by atoms with Crippen LogP contribution in [0, 0.1) is 5.82 Å². The Morgan fingerprint density at radius 3 is 2.30 bits per heavy atom. The average molecular weight is 429 g/mol. The lowest BCUT2D eigenvalue weighted by Gasteiger charge is -2.20. The Hall–Kier alpha value is -2.67. The molecule has 0 spiro atoms. The lowest BCUT2D eigenvalue weighted by atomic mass is 10.2. The Labute approximate surface area is 176 Å². The van der Waals surface area contributed by atoms with E-state index >= 15 is 0 Å². The molecule has 158 valence electrons. The number of aromatic nitrogens is 1. The molecule has 0 bridgehead atoms. The second-order valence-corrected chi connectivity index (χ2v) is 9.78. The first-order valence-electron chi connectivity index (χ1n) is 10.3. The maximum atomic E-state index is 13.2. The van der Waals surface area contributed by atoms with Crippen LogP contribution in [-0.2, 0) is 26.9 Å². The summed E-state index contributed by atoms with van der Waals surface area (Å²) in [6.45, 7) is 1.63. The lowest BCUT2D eigenvalue weighted by molar-refractivity contribution is -0.131. The molecule has 0 N–H and O–H groups in total. The normalized spacial score (nSPS) is 15.3. The molecule has 1 aliphatic heterocycles. The zero-order chi connectivity index (χ0) is 21.1. The van der Waals surface area contributed by atoms with Crippen LogP contribution < -0.4 is 0 Å². The van der Waals surface area contributed by atoms with E-state index in [2.05, 4.69) is 0 Å². The van der Waals surface area contributed by atoms with Crippen LogP contribution in [0.4, 0.5) is 4.39 Å². The summed E-state index contributed by atoms with van der Waals surface area (Å²) >= 11 is 0. The van der Waals surface area contributed by atoms with Crippen molar-refractivity contribution < 1.29 is 17.6 Å². The van der Waals surface area contributed by atoms with Gasteiger partial charge in [0.15, 0.2) is 9.84 Å². The molecule has 5 nitrogen and oxygen atoms in total. The van der Waals surface area contributed by atoms with Crippen molar-refractivity contribution in [2.24, 2.45) is 0 Å². The van der Waals surface area contributed by atoms with E-state index in [1.807, 2.05) is 17.0 Å². The third-order valence-electron chi connectivity index (χ3n) is 5.62. The first-order valence-corrected chi connectivity index (χ1v) is 11.9. The molecule has 4 rings (SSSR count). The van der Waals surface area contributed by atoms with E-state index < -0.39 is 15.7 Å². The molecule has 2 aromatic carbocycles. The second-order valence-electron chi connectivity index (χ2n) is 7.82. The standard InChI is InChI=1S/C23H25FN2O3S/c24-19-11-9-18(10-12-19)17-30(28,29)22-15-26(21-8-4-3-7-20(21)22)16-23(27)25-13-5-1-2-6-14-25/h3-4,7-12,15H,1-2,5-6,13-14,16-17H2. The smallest absolute Gasteiger partial charge is 0.242 e. The number of benzene rings is 2. The number of sulfone groups is 1. The Bertz CT molecular complexity index is 1140. The average Bonchev–Trinajstić information content (AvgIpc) is 2.90. The van der Waals surface area contributed by atoms with Gasteiger partial charge in [-0.1, -0.05) is 43.2 Å². The van der Waals surface area contributed by atoms with E-state index in [1.165, 1.54) is 24.3 Å². The monoisotopic (exact) mass is 428 g/mol. The maximum Gasteiger partial charge on any atom is 0.242 e. The van der Waals surface area contributed by atoms with E-state index in [0.29, 0.717) is 10.9 Å². The maximum absolute atomic E-state index is 13.2. The SMILES string of the molecule is O=C(Cn1cc(S(=O)(=O)Cc2ccc(F)cc2)c2ccccc21)N1CCCCCC1. The molecule has 0 unspecified atom stereocenters. The molecule has 7 heteroatoms. The molecule has 0 saturated carbocycles. The third-order valence-corrected chi connectivity index (χ3v) is 7.33. The van der Waals surface area contributed by atoms with Crippen LogP contribution in [0.3, 0.4) is 0 Å². The molecule has 0 aliphatic carbocycles. The van der Waals surface area contributed by atoms with Gasteiger partial charge in [-0.3, -0.25) is 4.79 Å². The molecule has 3 aromatic rings. The first kappa shape index (κ1) is 20.6. The largest absolute Gasteiger partial charge is 0.341 e. The summed E-state index contributed by atoms with van der Waals surface area (Å²) in [4.78, 5) is 14.9. The highest BCUT2D eigenvalue weighted by atomic mass is 32.2. The molecule has 1 fully saturated rings. The van der Waals surface area contributed by atoms with Crippen molar-refractivity contribution in [3.05, 3.63) is 66.1 Å². The molecule has 30 heavy (non-hydrogen) atoms. The Kier molecular flexibility index (Phi) is 5.90. The van der Waals surface area contributed by atoms with Crippen LogP contribution in [-0.4, -0.2) is 36.9 Å². The summed E-state index contributed by atoms with van der Waals surface area (Å²) in [5.74, 6) is -0.610. The van der Waals surface area contributed by atoms with Crippen LogP contribution >= 0.6 is 0 Å². The van der Waals surface area contributed by atoms with Gasteiger partial charge in [-0.15, -0.1) is 0 Å². The number of nitrogens with zero attached hydrogens (tertiary/aromatic N) is 2. The predicted octanol–water partition coefficient (Wildman–Crippen LogP) is 4.16. The summed E-state index contributed by atoms with van der Waals surface area (Å²) in [6.07, 6.45) is 5.87. The number of amides is 1. The molecule has 0 atom stereocenters. The fraction of sp³-hybridized carbons (Fsp3) is 0.348. The summed E-state index contributed by atoms with van der Waals surface area (Å²) in [6, 6.07) is 12.7. The number of para-hydroxylation sites is 1.